The Bertz CT molecular complexity index is 387. The molecule has 2 atom stereocenters. The molecule has 1 aliphatic rings. The maximum atomic E-state index is 4.45. The minimum atomic E-state index is 0.612. The van der Waals surface area contributed by atoms with Gasteiger partial charge in [-0.15, -0.1) is 0 Å². The zero-order chi connectivity index (χ0) is 15.1. The lowest BCUT2D eigenvalue weighted by Crippen LogP contribution is -2.52. The highest BCUT2D eigenvalue weighted by Crippen LogP contribution is 2.14. The summed E-state index contributed by atoms with van der Waals surface area (Å²) in [5, 5.41) is 3.66. The van der Waals surface area contributed by atoms with Crippen molar-refractivity contribution in [3.63, 3.8) is 0 Å². The van der Waals surface area contributed by atoms with Crippen molar-refractivity contribution in [1.29, 1.82) is 0 Å². The van der Waals surface area contributed by atoms with E-state index in [2.05, 4.69) is 53.0 Å². The van der Waals surface area contributed by atoms with Gasteiger partial charge in [0.15, 0.2) is 0 Å². The Morgan fingerprint density at radius 3 is 2.52 bits per heavy atom. The van der Waals surface area contributed by atoms with E-state index in [0.717, 1.165) is 44.5 Å². The first-order chi connectivity index (χ1) is 10.2. The van der Waals surface area contributed by atoms with Crippen molar-refractivity contribution in [3.05, 3.63) is 24.4 Å². The van der Waals surface area contributed by atoms with Crippen LogP contribution in [0.5, 0.6) is 0 Å². The lowest BCUT2D eigenvalue weighted by Gasteiger charge is -2.38. The number of rotatable bonds is 7. The number of nitrogens with zero attached hydrogens (tertiary/aromatic N) is 3. The molecule has 0 spiro atoms. The van der Waals surface area contributed by atoms with Crippen molar-refractivity contribution in [2.45, 2.75) is 33.2 Å². The van der Waals surface area contributed by atoms with E-state index in [1.165, 1.54) is 13.0 Å². The number of likely N-dealkylation sites (N-methyl/N-ethyl adjacent to an activating group) is 1. The van der Waals surface area contributed by atoms with Crippen LogP contribution in [0.3, 0.4) is 0 Å². The quantitative estimate of drug-likeness (QED) is 0.834. The molecule has 2 unspecified atom stereocenters. The minimum Gasteiger partial charge on any atom is -0.354 e. The van der Waals surface area contributed by atoms with Gasteiger partial charge in [-0.05, 0) is 24.6 Å². The number of anilines is 1. The van der Waals surface area contributed by atoms with Crippen LogP contribution in [0.4, 0.5) is 5.82 Å². The van der Waals surface area contributed by atoms with Gasteiger partial charge >= 0.3 is 0 Å². The van der Waals surface area contributed by atoms with Crippen molar-refractivity contribution in [2.24, 2.45) is 5.92 Å². The molecule has 0 saturated carbocycles. The largest absolute Gasteiger partial charge is 0.354 e. The third kappa shape index (κ3) is 4.68. The van der Waals surface area contributed by atoms with E-state index < -0.39 is 0 Å². The summed E-state index contributed by atoms with van der Waals surface area (Å²) in [7, 11) is 0. The summed E-state index contributed by atoms with van der Waals surface area (Å²) in [4.78, 5) is 9.44. The molecule has 118 valence electrons. The molecule has 21 heavy (non-hydrogen) atoms. The van der Waals surface area contributed by atoms with Gasteiger partial charge in [-0.2, -0.15) is 0 Å². The first-order valence-electron chi connectivity index (χ1n) is 8.36. The molecule has 0 bridgehead atoms. The van der Waals surface area contributed by atoms with Crippen molar-refractivity contribution >= 4 is 5.82 Å². The molecular weight excluding hydrogens is 260 g/mol. The van der Waals surface area contributed by atoms with Crippen LogP contribution in [0.2, 0.25) is 0 Å². The molecular formula is C17H30N4. The van der Waals surface area contributed by atoms with Crippen molar-refractivity contribution in [3.8, 4) is 0 Å². The van der Waals surface area contributed by atoms with Crippen molar-refractivity contribution < 1.29 is 0 Å². The SMILES string of the molecule is CCNC(CN1CCN(c2ccccn2)CC1)C(C)CC. The molecule has 1 aromatic rings. The van der Waals surface area contributed by atoms with Crippen LogP contribution in [0, 0.1) is 5.92 Å². The van der Waals surface area contributed by atoms with E-state index in [4.69, 9.17) is 0 Å². The highest BCUT2D eigenvalue weighted by molar-refractivity contribution is 5.38. The lowest BCUT2D eigenvalue weighted by atomic mass is 9.98. The van der Waals surface area contributed by atoms with E-state index in [9.17, 15) is 0 Å². The van der Waals surface area contributed by atoms with Gasteiger partial charge in [0.1, 0.15) is 5.82 Å². The number of nitrogens with one attached hydrogen (secondary N) is 1. The van der Waals surface area contributed by atoms with Crippen LogP contribution in [-0.2, 0) is 0 Å². The van der Waals surface area contributed by atoms with Crippen LogP contribution in [0.15, 0.2) is 24.4 Å². The second kappa shape index (κ2) is 8.35. The molecule has 1 fully saturated rings. The van der Waals surface area contributed by atoms with Gasteiger partial charge in [-0.25, -0.2) is 4.98 Å². The molecule has 0 amide bonds. The summed E-state index contributed by atoms with van der Waals surface area (Å²) in [5.74, 6) is 1.85. The first kappa shape index (κ1) is 16.2. The molecule has 4 nitrogen and oxygen atoms in total. The maximum Gasteiger partial charge on any atom is 0.128 e. The monoisotopic (exact) mass is 290 g/mol. The molecule has 1 aromatic heterocycles. The van der Waals surface area contributed by atoms with Crippen LogP contribution in [0.25, 0.3) is 0 Å². The van der Waals surface area contributed by atoms with E-state index >= 15 is 0 Å². The van der Waals surface area contributed by atoms with Crippen LogP contribution < -0.4 is 10.2 Å². The minimum absolute atomic E-state index is 0.612. The highest BCUT2D eigenvalue weighted by atomic mass is 15.3. The number of piperazine rings is 1. The molecule has 0 radical (unpaired) electrons. The van der Waals surface area contributed by atoms with Crippen molar-refractivity contribution in [1.82, 2.24) is 15.2 Å². The standard InChI is InChI=1S/C17H30N4/c1-4-15(3)16(18-5-2)14-20-10-12-21(13-11-20)17-8-6-7-9-19-17/h6-9,15-16,18H,4-5,10-14H2,1-3H3. The molecule has 0 aliphatic carbocycles. The van der Waals surface area contributed by atoms with Crippen LogP contribution in [0.1, 0.15) is 27.2 Å². The normalized spacial score (nSPS) is 19.5. The summed E-state index contributed by atoms with van der Waals surface area (Å²) < 4.78 is 0. The first-order valence-corrected chi connectivity index (χ1v) is 8.36. The Labute approximate surface area is 129 Å². The van der Waals surface area contributed by atoms with Crippen molar-refractivity contribution in [2.75, 3.05) is 44.2 Å². The summed E-state index contributed by atoms with van der Waals surface area (Å²) in [6.07, 6.45) is 3.12. The van der Waals surface area contributed by atoms with E-state index in [1.54, 1.807) is 0 Å². The highest BCUT2D eigenvalue weighted by Gasteiger charge is 2.22. The van der Waals surface area contributed by atoms with Gasteiger partial charge in [0.05, 0.1) is 0 Å². The van der Waals surface area contributed by atoms with E-state index in [-0.39, 0.29) is 0 Å². The summed E-state index contributed by atoms with van der Waals surface area (Å²) in [5.41, 5.74) is 0. The molecule has 0 aromatic carbocycles. The molecule has 4 heteroatoms. The zero-order valence-corrected chi connectivity index (χ0v) is 13.8. The Hall–Kier alpha value is -1.13. The fraction of sp³-hybridized carbons (Fsp3) is 0.706. The molecule has 1 aliphatic heterocycles. The maximum absolute atomic E-state index is 4.45. The Kier molecular flexibility index (Phi) is 6.46. The molecule has 2 rings (SSSR count). The zero-order valence-electron chi connectivity index (χ0n) is 13.8. The van der Waals surface area contributed by atoms with E-state index in [0.29, 0.717) is 6.04 Å². The third-order valence-electron chi connectivity index (χ3n) is 4.60. The predicted molar refractivity (Wildman–Crippen MR) is 89.8 cm³/mol. The summed E-state index contributed by atoms with van der Waals surface area (Å²) in [6, 6.07) is 6.77. The van der Waals surface area contributed by atoms with Gasteiger partial charge in [-0.3, -0.25) is 4.90 Å². The number of aromatic nitrogens is 1. The molecule has 2 heterocycles. The average Bonchev–Trinajstić information content (AvgIpc) is 2.55. The Morgan fingerprint density at radius 1 is 1.19 bits per heavy atom. The summed E-state index contributed by atoms with van der Waals surface area (Å²) in [6.45, 7) is 13.5. The van der Waals surface area contributed by atoms with Gasteiger partial charge in [0, 0.05) is 45.0 Å². The fourth-order valence-corrected chi connectivity index (χ4v) is 2.97. The number of hydrogen-bond donors (Lipinski definition) is 1. The van der Waals surface area contributed by atoms with Gasteiger partial charge < -0.3 is 10.2 Å². The van der Waals surface area contributed by atoms with Gasteiger partial charge in [0.25, 0.3) is 0 Å². The Balaban J connectivity index is 1.83. The predicted octanol–water partition coefficient (Wildman–Crippen LogP) is 2.23. The molecule has 1 N–H and O–H groups in total. The smallest absolute Gasteiger partial charge is 0.128 e. The third-order valence-corrected chi connectivity index (χ3v) is 4.60. The van der Waals surface area contributed by atoms with Gasteiger partial charge in [0.2, 0.25) is 0 Å². The second-order valence-corrected chi connectivity index (χ2v) is 6.03. The lowest BCUT2D eigenvalue weighted by molar-refractivity contribution is 0.202. The second-order valence-electron chi connectivity index (χ2n) is 6.03. The molecule has 1 saturated heterocycles. The van der Waals surface area contributed by atoms with Crippen LogP contribution in [-0.4, -0.2) is 55.2 Å². The summed E-state index contributed by atoms with van der Waals surface area (Å²) >= 11 is 0. The van der Waals surface area contributed by atoms with E-state index in [1.807, 2.05) is 12.3 Å². The Morgan fingerprint density at radius 2 is 1.95 bits per heavy atom. The number of pyridine rings is 1. The average molecular weight is 290 g/mol. The fourth-order valence-electron chi connectivity index (χ4n) is 2.97. The number of hydrogen-bond acceptors (Lipinski definition) is 4. The topological polar surface area (TPSA) is 31.4 Å². The van der Waals surface area contributed by atoms with Crippen LogP contribution >= 0.6 is 0 Å². The van der Waals surface area contributed by atoms with Gasteiger partial charge in [-0.1, -0.05) is 33.3 Å².